The van der Waals surface area contributed by atoms with Crippen LogP contribution in [0.3, 0.4) is 0 Å². The summed E-state index contributed by atoms with van der Waals surface area (Å²) in [6.45, 7) is 6.62. The molecule has 0 aliphatic carbocycles. The number of hydrogen-bond acceptors (Lipinski definition) is 4. The van der Waals surface area contributed by atoms with E-state index in [1.54, 1.807) is 6.20 Å². The lowest BCUT2D eigenvalue weighted by molar-refractivity contribution is -0.137. The van der Waals surface area contributed by atoms with Crippen LogP contribution in [-0.2, 0) is 24.9 Å². The summed E-state index contributed by atoms with van der Waals surface area (Å²) in [5.41, 5.74) is 3.37. The second-order valence-corrected chi connectivity index (χ2v) is 8.16. The van der Waals surface area contributed by atoms with Crippen molar-refractivity contribution in [1.82, 2.24) is 24.6 Å². The normalized spacial score (nSPS) is 23.9. The van der Waals surface area contributed by atoms with Crippen molar-refractivity contribution in [3.63, 3.8) is 0 Å². The van der Waals surface area contributed by atoms with E-state index in [0.29, 0.717) is 12.5 Å². The number of nitrogens with zero attached hydrogens (tertiary/aromatic N) is 5. The fourth-order valence-electron chi connectivity index (χ4n) is 4.67. The zero-order valence-electron chi connectivity index (χ0n) is 16.4. The number of carbonyl (C=O) groups excluding carboxylic acids is 1. The molecule has 0 saturated carbocycles. The van der Waals surface area contributed by atoms with Crippen molar-refractivity contribution in [2.24, 2.45) is 12.5 Å². The maximum atomic E-state index is 13.2. The lowest BCUT2D eigenvalue weighted by atomic mass is 9.79. The standard InChI is InChI=1S/C21H29N5O/c1-17-19(15-24(2)23-17)16-25-10-4-6-21(7-11-25)8-12-26(20(21)27)14-18-5-3-9-22-13-18/h3,5,9,13,15H,4,6-8,10-12,14,16H2,1-2H3/t21-/m1/s1. The van der Waals surface area contributed by atoms with Crippen molar-refractivity contribution in [1.29, 1.82) is 0 Å². The third kappa shape index (κ3) is 3.76. The molecular weight excluding hydrogens is 338 g/mol. The summed E-state index contributed by atoms with van der Waals surface area (Å²) in [5.74, 6) is 0.353. The van der Waals surface area contributed by atoms with Crippen LogP contribution in [0.1, 0.15) is 42.5 Å². The second kappa shape index (κ2) is 7.43. The molecule has 144 valence electrons. The van der Waals surface area contributed by atoms with Crippen LogP contribution >= 0.6 is 0 Å². The Morgan fingerprint density at radius 1 is 1.15 bits per heavy atom. The van der Waals surface area contributed by atoms with Crippen LogP contribution in [0.4, 0.5) is 0 Å². The Morgan fingerprint density at radius 3 is 2.74 bits per heavy atom. The Morgan fingerprint density at radius 2 is 2.00 bits per heavy atom. The summed E-state index contributed by atoms with van der Waals surface area (Å²) in [4.78, 5) is 21.9. The number of pyridine rings is 1. The predicted octanol–water partition coefficient (Wildman–Crippen LogP) is 2.53. The molecule has 2 aromatic heterocycles. The molecule has 0 unspecified atom stereocenters. The number of aryl methyl sites for hydroxylation is 2. The number of likely N-dealkylation sites (tertiary alicyclic amines) is 2. The molecule has 2 aromatic rings. The fraction of sp³-hybridized carbons (Fsp3) is 0.571. The van der Waals surface area contributed by atoms with Crippen molar-refractivity contribution in [2.45, 2.75) is 45.7 Å². The van der Waals surface area contributed by atoms with E-state index < -0.39 is 0 Å². The van der Waals surface area contributed by atoms with Gasteiger partial charge in [-0.1, -0.05) is 6.07 Å². The van der Waals surface area contributed by atoms with Gasteiger partial charge in [-0.2, -0.15) is 5.10 Å². The van der Waals surface area contributed by atoms with Gasteiger partial charge >= 0.3 is 0 Å². The molecular formula is C21H29N5O. The molecule has 0 aromatic carbocycles. The summed E-state index contributed by atoms with van der Waals surface area (Å²) in [7, 11) is 1.97. The molecule has 1 amide bonds. The first-order valence-corrected chi connectivity index (χ1v) is 9.95. The molecule has 1 spiro atoms. The molecule has 2 aliphatic rings. The minimum Gasteiger partial charge on any atom is -0.338 e. The summed E-state index contributed by atoms with van der Waals surface area (Å²) >= 11 is 0. The van der Waals surface area contributed by atoms with Gasteiger partial charge in [0, 0.05) is 50.8 Å². The minimum absolute atomic E-state index is 0.152. The SMILES string of the molecule is Cc1nn(C)cc1CN1CCC[C@@]2(CC1)CCN(Cc1cccnc1)C2=O. The number of amides is 1. The molecule has 4 heterocycles. The Kier molecular flexibility index (Phi) is 5.00. The van der Waals surface area contributed by atoms with Crippen LogP contribution in [0.25, 0.3) is 0 Å². The number of aromatic nitrogens is 3. The second-order valence-electron chi connectivity index (χ2n) is 8.16. The van der Waals surface area contributed by atoms with Gasteiger partial charge in [-0.15, -0.1) is 0 Å². The summed E-state index contributed by atoms with van der Waals surface area (Å²) in [5, 5.41) is 4.46. The van der Waals surface area contributed by atoms with Crippen molar-refractivity contribution < 1.29 is 4.79 Å². The smallest absolute Gasteiger partial charge is 0.229 e. The van der Waals surface area contributed by atoms with E-state index in [9.17, 15) is 4.79 Å². The van der Waals surface area contributed by atoms with Crippen LogP contribution < -0.4 is 0 Å². The molecule has 0 radical (unpaired) electrons. The van der Waals surface area contributed by atoms with Crippen molar-refractivity contribution in [3.05, 3.63) is 47.5 Å². The predicted molar refractivity (Wildman–Crippen MR) is 104 cm³/mol. The molecule has 6 heteroatoms. The van der Waals surface area contributed by atoms with Gasteiger partial charge in [-0.25, -0.2) is 0 Å². The van der Waals surface area contributed by atoms with Crippen LogP contribution in [-0.4, -0.2) is 50.1 Å². The van der Waals surface area contributed by atoms with Crippen LogP contribution in [0.5, 0.6) is 0 Å². The molecule has 6 nitrogen and oxygen atoms in total. The average molecular weight is 367 g/mol. The molecule has 4 rings (SSSR count). The summed E-state index contributed by atoms with van der Waals surface area (Å²) in [6, 6.07) is 3.99. The Bertz CT molecular complexity index is 802. The van der Waals surface area contributed by atoms with E-state index in [1.807, 2.05) is 28.9 Å². The number of hydrogen-bond donors (Lipinski definition) is 0. The summed E-state index contributed by atoms with van der Waals surface area (Å²) < 4.78 is 1.89. The van der Waals surface area contributed by atoms with Gasteiger partial charge in [0.25, 0.3) is 0 Å². The molecule has 27 heavy (non-hydrogen) atoms. The van der Waals surface area contributed by atoms with E-state index in [-0.39, 0.29) is 5.41 Å². The molecule has 2 fully saturated rings. The highest BCUT2D eigenvalue weighted by atomic mass is 16.2. The lowest BCUT2D eigenvalue weighted by Gasteiger charge is -2.27. The summed E-state index contributed by atoms with van der Waals surface area (Å²) in [6.07, 6.45) is 9.82. The minimum atomic E-state index is -0.152. The highest BCUT2D eigenvalue weighted by Gasteiger charge is 2.46. The van der Waals surface area contributed by atoms with E-state index in [2.05, 4.69) is 34.2 Å². The van der Waals surface area contributed by atoms with Crippen LogP contribution in [0.2, 0.25) is 0 Å². The first kappa shape index (κ1) is 18.2. The fourth-order valence-corrected chi connectivity index (χ4v) is 4.67. The van der Waals surface area contributed by atoms with Gasteiger partial charge in [0.2, 0.25) is 5.91 Å². The first-order valence-electron chi connectivity index (χ1n) is 9.95. The Hall–Kier alpha value is -2.21. The van der Waals surface area contributed by atoms with E-state index in [1.165, 1.54) is 5.56 Å². The molecule has 1 atom stereocenters. The van der Waals surface area contributed by atoms with Crippen molar-refractivity contribution in [3.8, 4) is 0 Å². The Labute approximate surface area is 161 Å². The topological polar surface area (TPSA) is 54.3 Å². The maximum Gasteiger partial charge on any atom is 0.229 e. The van der Waals surface area contributed by atoms with Gasteiger partial charge in [-0.05, 0) is 57.3 Å². The van der Waals surface area contributed by atoms with E-state index in [0.717, 1.165) is 63.1 Å². The third-order valence-corrected chi connectivity index (χ3v) is 6.24. The quantitative estimate of drug-likeness (QED) is 0.833. The average Bonchev–Trinajstić information content (AvgIpc) is 3.04. The van der Waals surface area contributed by atoms with Gasteiger partial charge in [0.05, 0.1) is 11.1 Å². The molecule has 0 bridgehead atoms. The third-order valence-electron chi connectivity index (χ3n) is 6.24. The van der Waals surface area contributed by atoms with Crippen molar-refractivity contribution >= 4 is 5.91 Å². The monoisotopic (exact) mass is 367 g/mol. The van der Waals surface area contributed by atoms with E-state index >= 15 is 0 Å². The van der Waals surface area contributed by atoms with Crippen molar-refractivity contribution in [2.75, 3.05) is 19.6 Å². The number of rotatable bonds is 4. The van der Waals surface area contributed by atoms with Crippen LogP contribution in [0, 0.1) is 12.3 Å². The highest BCUT2D eigenvalue weighted by Crippen LogP contribution is 2.42. The van der Waals surface area contributed by atoms with Gasteiger partial charge in [0.15, 0.2) is 0 Å². The molecule has 2 saturated heterocycles. The maximum absolute atomic E-state index is 13.2. The zero-order valence-corrected chi connectivity index (χ0v) is 16.4. The largest absolute Gasteiger partial charge is 0.338 e. The number of carbonyl (C=O) groups is 1. The Balaban J connectivity index is 1.40. The van der Waals surface area contributed by atoms with E-state index in [4.69, 9.17) is 0 Å². The highest BCUT2D eigenvalue weighted by molar-refractivity contribution is 5.84. The molecule has 2 aliphatic heterocycles. The zero-order chi connectivity index (χ0) is 18.9. The molecule has 0 N–H and O–H groups in total. The van der Waals surface area contributed by atoms with Gasteiger partial charge < -0.3 is 4.90 Å². The lowest BCUT2D eigenvalue weighted by Crippen LogP contribution is -2.35. The van der Waals surface area contributed by atoms with Gasteiger partial charge in [-0.3, -0.25) is 19.4 Å². The van der Waals surface area contributed by atoms with Gasteiger partial charge in [0.1, 0.15) is 0 Å². The first-order chi connectivity index (χ1) is 13.1. The van der Waals surface area contributed by atoms with Crippen LogP contribution in [0.15, 0.2) is 30.7 Å².